The Bertz CT molecular complexity index is 181. The van der Waals surface area contributed by atoms with Crippen molar-refractivity contribution in [2.45, 2.75) is 57.7 Å². The van der Waals surface area contributed by atoms with Crippen molar-refractivity contribution in [2.24, 2.45) is 5.92 Å². The van der Waals surface area contributed by atoms with Crippen molar-refractivity contribution in [3.05, 3.63) is 0 Å². The first-order chi connectivity index (χ1) is 8.22. The van der Waals surface area contributed by atoms with Gasteiger partial charge in [-0.15, -0.1) is 0 Å². The molecule has 1 aliphatic heterocycles. The van der Waals surface area contributed by atoms with Crippen LogP contribution < -0.4 is 5.32 Å². The summed E-state index contributed by atoms with van der Waals surface area (Å²) in [6.07, 6.45) is 5.09. The molecule has 1 aliphatic rings. The van der Waals surface area contributed by atoms with Crippen molar-refractivity contribution in [3.8, 4) is 0 Å². The normalized spacial score (nSPS) is 19.8. The lowest BCUT2D eigenvalue weighted by molar-refractivity contribution is 0.0613. The van der Waals surface area contributed by atoms with E-state index in [9.17, 15) is 0 Å². The first-order valence-corrected chi connectivity index (χ1v) is 8.20. The largest absolute Gasteiger partial charge is 0.381 e. The summed E-state index contributed by atoms with van der Waals surface area (Å²) in [6, 6.07) is 0.699. The van der Waals surface area contributed by atoms with E-state index >= 15 is 0 Å². The summed E-state index contributed by atoms with van der Waals surface area (Å²) in [5.41, 5.74) is 0. The Morgan fingerprint density at radius 2 is 2.00 bits per heavy atom. The highest BCUT2D eigenvalue weighted by Gasteiger charge is 2.19. The van der Waals surface area contributed by atoms with E-state index in [0.29, 0.717) is 6.04 Å². The van der Waals surface area contributed by atoms with Crippen molar-refractivity contribution in [3.63, 3.8) is 0 Å². The van der Waals surface area contributed by atoms with Crippen LogP contribution in [-0.2, 0) is 4.74 Å². The Labute approximate surface area is 111 Å². The van der Waals surface area contributed by atoms with Crippen LogP contribution in [0.25, 0.3) is 0 Å². The highest BCUT2D eigenvalue weighted by Crippen LogP contribution is 2.22. The van der Waals surface area contributed by atoms with E-state index in [1.165, 1.54) is 31.4 Å². The van der Waals surface area contributed by atoms with Gasteiger partial charge in [-0.25, -0.2) is 0 Å². The average molecular weight is 259 g/mol. The summed E-state index contributed by atoms with van der Waals surface area (Å²) < 4.78 is 5.44. The predicted octanol–water partition coefficient (Wildman–Crippen LogP) is 3.31. The van der Waals surface area contributed by atoms with Crippen LogP contribution in [0, 0.1) is 5.92 Å². The maximum atomic E-state index is 5.44. The van der Waals surface area contributed by atoms with Crippen molar-refractivity contribution in [1.29, 1.82) is 0 Å². The molecule has 1 atom stereocenters. The fraction of sp³-hybridized carbons (Fsp3) is 1.00. The lowest BCUT2D eigenvalue weighted by Gasteiger charge is -2.27. The minimum atomic E-state index is 0.699. The van der Waals surface area contributed by atoms with E-state index in [1.807, 2.05) is 0 Å². The van der Waals surface area contributed by atoms with Crippen LogP contribution in [-0.4, -0.2) is 36.8 Å². The van der Waals surface area contributed by atoms with Gasteiger partial charge in [0.05, 0.1) is 0 Å². The maximum Gasteiger partial charge on any atom is 0.0468 e. The number of ether oxygens (including phenoxy) is 1. The van der Waals surface area contributed by atoms with Gasteiger partial charge in [0, 0.05) is 25.0 Å². The zero-order valence-corrected chi connectivity index (χ0v) is 12.5. The number of nitrogens with one attached hydrogen (secondary N) is 1. The Kier molecular flexibility index (Phi) is 8.33. The van der Waals surface area contributed by atoms with Gasteiger partial charge in [0.1, 0.15) is 0 Å². The summed E-state index contributed by atoms with van der Waals surface area (Å²) in [5.74, 6) is 2.14. The second-order valence-electron chi connectivity index (χ2n) is 5.32. The molecule has 102 valence electrons. The Morgan fingerprint density at radius 3 is 2.59 bits per heavy atom. The molecule has 1 rings (SSSR count). The Balaban J connectivity index is 2.27. The molecule has 1 N–H and O–H groups in total. The first kappa shape index (κ1) is 15.3. The zero-order chi connectivity index (χ0) is 12.5. The standard InChI is InChI=1S/C14H29NOS/c1-4-7-15-14(11-17-12(2)3)10-13-5-8-16-9-6-13/h12-15H,4-11H2,1-3H3. The average Bonchev–Trinajstić information content (AvgIpc) is 2.34. The second-order valence-corrected chi connectivity index (χ2v) is 6.93. The third-order valence-corrected chi connectivity index (χ3v) is 4.53. The number of hydrogen-bond donors (Lipinski definition) is 1. The van der Waals surface area contributed by atoms with Crippen LogP contribution in [0.4, 0.5) is 0 Å². The molecular weight excluding hydrogens is 230 g/mol. The van der Waals surface area contributed by atoms with Crippen LogP contribution in [0.5, 0.6) is 0 Å². The highest BCUT2D eigenvalue weighted by atomic mass is 32.2. The summed E-state index contributed by atoms with van der Waals surface area (Å²) in [6.45, 7) is 9.93. The van der Waals surface area contributed by atoms with Gasteiger partial charge in [-0.05, 0) is 43.4 Å². The molecule has 0 aliphatic carbocycles. The van der Waals surface area contributed by atoms with Gasteiger partial charge in [-0.3, -0.25) is 0 Å². The number of thioether (sulfide) groups is 1. The van der Waals surface area contributed by atoms with Crippen LogP contribution in [0.3, 0.4) is 0 Å². The molecule has 0 aromatic carbocycles. The fourth-order valence-electron chi connectivity index (χ4n) is 2.25. The van der Waals surface area contributed by atoms with Gasteiger partial charge in [0.15, 0.2) is 0 Å². The minimum absolute atomic E-state index is 0.699. The summed E-state index contributed by atoms with van der Waals surface area (Å²) in [7, 11) is 0. The molecule has 1 heterocycles. The minimum Gasteiger partial charge on any atom is -0.381 e. The van der Waals surface area contributed by atoms with Gasteiger partial charge in [-0.2, -0.15) is 11.8 Å². The van der Waals surface area contributed by atoms with E-state index in [4.69, 9.17) is 4.74 Å². The lowest BCUT2D eigenvalue weighted by Crippen LogP contribution is -2.35. The monoisotopic (exact) mass is 259 g/mol. The molecule has 0 spiro atoms. The SMILES string of the molecule is CCCNC(CSC(C)C)CC1CCOCC1. The molecule has 0 aromatic heterocycles. The quantitative estimate of drug-likeness (QED) is 0.722. The molecule has 0 radical (unpaired) electrons. The van der Waals surface area contributed by atoms with Crippen LogP contribution in [0.15, 0.2) is 0 Å². The lowest BCUT2D eigenvalue weighted by atomic mass is 9.93. The van der Waals surface area contributed by atoms with Gasteiger partial charge >= 0.3 is 0 Å². The van der Waals surface area contributed by atoms with Crippen molar-refractivity contribution >= 4 is 11.8 Å². The molecule has 1 saturated heterocycles. The van der Waals surface area contributed by atoms with E-state index in [0.717, 1.165) is 30.9 Å². The Morgan fingerprint density at radius 1 is 1.29 bits per heavy atom. The van der Waals surface area contributed by atoms with Gasteiger partial charge < -0.3 is 10.1 Å². The summed E-state index contributed by atoms with van der Waals surface area (Å²) >= 11 is 2.08. The molecule has 0 bridgehead atoms. The smallest absolute Gasteiger partial charge is 0.0468 e. The van der Waals surface area contributed by atoms with E-state index < -0.39 is 0 Å². The van der Waals surface area contributed by atoms with E-state index in [2.05, 4.69) is 37.8 Å². The fourth-order valence-corrected chi connectivity index (χ4v) is 3.12. The van der Waals surface area contributed by atoms with Crippen molar-refractivity contribution < 1.29 is 4.74 Å². The molecule has 2 nitrogen and oxygen atoms in total. The van der Waals surface area contributed by atoms with Gasteiger partial charge in [0.25, 0.3) is 0 Å². The molecule has 1 fully saturated rings. The van der Waals surface area contributed by atoms with Gasteiger partial charge in [-0.1, -0.05) is 20.8 Å². The van der Waals surface area contributed by atoms with Crippen LogP contribution in [0.2, 0.25) is 0 Å². The Hall–Kier alpha value is 0.270. The maximum absolute atomic E-state index is 5.44. The predicted molar refractivity (Wildman–Crippen MR) is 77.8 cm³/mol. The number of hydrogen-bond acceptors (Lipinski definition) is 3. The van der Waals surface area contributed by atoms with Crippen LogP contribution in [0.1, 0.15) is 46.5 Å². The molecule has 0 saturated carbocycles. The summed E-state index contributed by atoms with van der Waals surface area (Å²) in [4.78, 5) is 0. The van der Waals surface area contributed by atoms with Gasteiger partial charge in [0.2, 0.25) is 0 Å². The topological polar surface area (TPSA) is 21.3 Å². The van der Waals surface area contributed by atoms with Crippen molar-refractivity contribution in [1.82, 2.24) is 5.32 Å². The molecular formula is C14H29NOS. The zero-order valence-electron chi connectivity index (χ0n) is 11.7. The highest BCUT2D eigenvalue weighted by molar-refractivity contribution is 7.99. The first-order valence-electron chi connectivity index (χ1n) is 7.15. The molecule has 1 unspecified atom stereocenters. The molecule has 3 heteroatoms. The third kappa shape index (κ3) is 7.32. The third-order valence-electron chi connectivity index (χ3n) is 3.27. The molecule has 0 amide bonds. The van der Waals surface area contributed by atoms with Crippen molar-refractivity contribution in [2.75, 3.05) is 25.5 Å². The molecule has 0 aromatic rings. The summed E-state index contributed by atoms with van der Waals surface area (Å²) in [5, 5.41) is 4.46. The number of rotatable bonds is 8. The molecule has 17 heavy (non-hydrogen) atoms. The van der Waals surface area contributed by atoms with E-state index in [-0.39, 0.29) is 0 Å². The second kappa shape index (κ2) is 9.23. The van der Waals surface area contributed by atoms with E-state index in [1.54, 1.807) is 0 Å². The van der Waals surface area contributed by atoms with Crippen LogP contribution >= 0.6 is 11.8 Å².